The van der Waals surface area contributed by atoms with Gasteiger partial charge in [0.05, 0.1) is 6.42 Å². The van der Waals surface area contributed by atoms with Gasteiger partial charge in [-0.15, -0.1) is 0 Å². The highest BCUT2D eigenvalue weighted by Crippen LogP contribution is 2.09. The van der Waals surface area contributed by atoms with Gasteiger partial charge in [0.15, 0.2) is 0 Å². The summed E-state index contributed by atoms with van der Waals surface area (Å²) in [7, 11) is 0. The van der Waals surface area contributed by atoms with Crippen molar-refractivity contribution in [2.75, 3.05) is 13.1 Å². The van der Waals surface area contributed by atoms with Crippen LogP contribution in [-0.4, -0.2) is 19.0 Å². The predicted molar refractivity (Wildman–Crippen MR) is 66.3 cm³/mol. The average molecular weight is 268 g/mol. The third kappa shape index (κ3) is 5.83. The first-order valence-corrected chi connectivity index (χ1v) is 5.85. The highest BCUT2D eigenvalue weighted by molar-refractivity contribution is 5.78. The zero-order valence-corrected chi connectivity index (χ0v) is 10.3. The van der Waals surface area contributed by atoms with Gasteiger partial charge in [0.2, 0.25) is 5.91 Å². The third-order valence-corrected chi connectivity index (χ3v) is 2.44. The van der Waals surface area contributed by atoms with Gasteiger partial charge in [0.25, 0.3) is 0 Å². The van der Waals surface area contributed by atoms with Crippen molar-refractivity contribution in [1.82, 2.24) is 5.32 Å². The molecule has 0 fully saturated rings. The number of carbonyl (C=O) groups excluding carboxylic acids is 1. The van der Waals surface area contributed by atoms with Crippen molar-refractivity contribution in [2.24, 2.45) is 5.11 Å². The van der Waals surface area contributed by atoms with Gasteiger partial charge >= 0.3 is 0 Å². The molecular weight excluding hydrogens is 254 g/mol. The molecule has 1 N–H and O–H groups in total. The van der Waals surface area contributed by atoms with Gasteiger partial charge in [-0.05, 0) is 30.0 Å². The lowest BCUT2D eigenvalue weighted by Crippen LogP contribution is -2.26. The van der Waals surface area contributed by atoms with Crippen LogP contribution in [0.3, 0.4) is 0 Å². The number of benzene rings is 1. The summed E-state index contributed by atoms with van der Waals surface area (Å²) in [5.41, 5.74) is 8.21. The molecule has 0 unspecified atom stereocenters. The van der Waals surface area contributed by atoms with E-state index in [4.69, 9.17) is 5.53 Å². The quantitative estimate of drug-likeness (QED) is 0.351. The molecule has 1 rings (SSSR count). The second-order valence-corrected chi connectivity index (χ2v) is 3.92. The number of unbranched alkanes of at least 4 members (excludes halogenated alkanes) is 1. The van der Waals surface area contributed by atoms with E-state index in [2.05, 4.69) is 15.3 Å². The van der Waals surface area contributed by atoms with E-state index in [0.717, 1.165) is 12.1 Å². The number of azide groups is 1. The summed E-state index contributed by atoms with van der Waals surface area (Å²) in [6, 6.07) is 3.12. The van der Waals surface area contributed by atoms with Crippen LogP contribution in [0.15, 0.2) is 23.3 Å². The Morgan fingerprint density at radius 2 is 2.16 bits per heavy atom. The van der Waals surface area contributed by atoms with Crippen LogP contribution < -0.4 is 5.32 Å². The molecule has 0 bridgehead atoms. The minimum absolute atomic E-state index is 0.123. The molecule has 0 spiro atoms. The second kappa shape index (κ2) is 8.05. The average Bonchev–Trinajstić information content (AvgIpc) is 2.37. The van der Waals surface area contributed by atoms with Crippen molar-refractivity contribution in [3.63, 3.8) is 0 Å². The highest BCUT2D eigenvalue weighted by atomic mass is 19.1. The number of nitrogens with zero attached hydrogens (tertiary/aromatic N) is 3. The van der Waals surface area contributed by atoms with Crippen LogP contribution >= 0.6 is 0 Å². The van der Waals surface area contributed by atoms with E-state index in [9.17, 15) is 13.6 Å². The maximum absolute atomic E-state index is 13.3. The molecule has 0 heterocycles. The first-order valence-electron chi connectivity index (χ1n) is 5.85. The lowest BCUT2D eigenvalue weighted by Gasteiger charge is -2.05. The van der Waals surface area contributed by atoms with Crippen LogP contribution in [0, 0.1) is 11.6 Å². The van der Waals surface area contributed by atoms with Gasteiger partial charge in [-0.1, -0.05) is 11.2 Å². The van der Waals surface area contributed by atoms with Crippen LogP contribution in [0.25, 0.3) is 10.4 Å². The maximum Gasteiger partial charge on any atom is 0.224 e. The third-order valence-electron chi connectivity index (χ3n) is 2.44. The van der Waals surface area contributed by atoms with E-state index in [1.807, 2.05) is 0 Å². The van der Waals surface area contributed by atoms with E-state index >= 15 is 0 Å². The predicted octanol–water partition coefficient (Wildman–Crippen LogP) is 2.71. The van der Waals surface area contributed by atoms with Gasteiger partial charge in [-0.25, -0.2) is 8.78 Å². The fraction of sp³-hybridized carbons (Fsp3) is 0.417. The minimum Gasteiger partial charge on any atom is -0.356 e. The SMILES string of the molecule is [N-]=[N+]=NCCCCNC(=O)Cc1ccc(F)cc1F. The van der Waals surface area contributed by atoms with Crippen molar-refractivity contribution in [2.45, 2.75) is 19.3 Å². The Labute approximate surface area is 109 Å². The van der Waals surface area contributed by atoms with Gasteiger partial charge in [0, 0.05) is 24.1 Å². The summed E-state index contributed by atoms with van der Waals surface area (Å²) in [6.45, 7) is 0.821. The fourth-order valence-corrected chi connectivity index (χ4v) is 1.48. The molecule has 0 saturated heterocycles. The molecule has 0 aliphatic carbocycles. The van der Waals surface area contributed by atoms with E-state index in [1.54, 1.807) is 0 Å². The number of rotatable bonds is 7. The summed E-state index contributed by atoms with van der Waals surface area (Å²) >= 11 is 0. The van der Waals surface area contributed by atoms with Crippen molar-refractivity contribution in [3.05, 3.63) is 45.8 Å². The molecule has 0 aliphatic rings. The first-order chi connectivity index (χ1) is 9.13. The molecule has 7 heteroatoms. The zero-order chi connectivity index (χ0) is 14.1. The van der Waals surface area contributed by atoms with Crippen LogP contribution in [-0.2, 0) is 11.2 Å². The summed E-state index contributed by atoms with van der Waals surface area (Å²) < 4.78 is 25.9. The number of hydrogen-bond acceptors (Lipinski definition) is 2. The van der Waals surface area contributed by atoms with E-state index in [-0.39, 0.29) is 17.9 Å². The molecule has 0 atom stereocenters. The number of nitrogens with one attached hydrogen (secondary N) is 1. The molecule has 0 saturated carbocycles. The van der Waals surface area contributed by atoms with Crippen molar-refractivity contribution < 1.29 is 13.6 Å². The highest BCUT2D eigenvalue weighted by Gasteiger charge is 2.08. The van der Waals surface area contributed by atoms with Crippen LogP contribution in [0.2, 0.25) is 0 Å². The Morgan fingerprint density at radius 1 is 1.37 bits per heavy atom. The van der Waals surface area contributed by atoms with Crippen LogP contribution in [0.4, 0.5) is 8.78 Å². The minimum atomic E-state index is -0.724. The molecule has 0 radical (unpaired) electrons. The van der Waals surface area contributed by atoms with Crippen molar-refractivity contribution >= 4 is 5.91 Å². The first kappa shape index (κ1) is 14.9. The molecule has 0 aromatic heterocycles. The summed E-state index contributed by atoms with van der Waals surface area (Å²) in [5, 5.41) is 5.97. The molecule has 1 aromatic carbocycles. The molecular formula is C12H14F2N4O. The van der Waals surface area contributed by atoms with Crippen LogP contribution in [0.5, 0.6) is 0 Å². The van der Waals surface area contributed by atoms with E-state index in [0.29, 0.717) is 25.9 Å². The molecule has 5 nitrogen and oxygen atoms in total. The lowest BCUT2D eigenvalue weighted by molar-refractivity contribution is -0.120. The number of hydrogen-bond donors (Lipinski definition) is 1. The Kier molecular flexibility index (Phi) is 6.32. The summed E-state index contributed by atoms with van der Waals surface area (Å²) in [5.74, 6) is -1.72. The molecule has 102 valence electrons. The Hall–Kier alpha value is -2.14. The van der Waals surface area contributed by atoms with Crippen LogP contribution in [0.1, 0.15) is 18.4 Å². The van der Waals surface area contributed by atoms with E-state index < -0.39 is 11.6 Å². The standard InChI is InChI=1S/C12H14F2N4O/c13-10-4-3-9(11(14)8-10)7-12(19)16-5-1-2-6-17-18-15/h3-4,8H,1-2,5-7H2,(H,16,19). The molecule has 1 aromatic rings. The normalized spacial score (nSPS) is 9.79. The zero-order valence-electron chi connectivity index (χ0n) is 10.3. The summed E-state index contributed by atoms with van der Waals surface area (Å²) in [4.78, 5) is 14.1. The Morgan fingerprint density at radius 3 is 2.84 bits per heavy atom. The Bertz CT molecular complexity index is 487. The lowest BCUT2D eigenvalue weighted by atomic mass is 10.1. The topological polar surface area (TPSA) is 77.9 Å². The molecule has 1 amide bonds. The smallest absolute Gasteiger partial charge is 0.224 e. The fourth-order valence-electron chi connectivity index (χ4n) is 1.48. The number of halogens is 2. The maximum atomic E-state index is 13.3. The van der Waals surface area contributed by atoms with E-state index in [1.165, 1.54) is 6.07 Å². The van der Waals surface area contributed by atoms with Gasteiger partial charge < -0.3 is 5.32 Å². The second-order valence-electron chi connectivity index (χ2n) is 3.92. The van der Waals surface area contributed by atoms with Crippen molar-refractivity contribution in [1.29, 1.82) is 0 Å². The van der Waals surface area contributed by atoms with Gasteiger partial charge in [-0.3, -0.25) is 4.79 Å². The molecule has 0 aliphatic heterocycles. The van der Waals surface area contributed by atoms with Gasteiger partial charge in [0.1, 0.15) is 11.6 Å². The summed E-state index contributed by atoms with van der Waals surface area (Å²) in [6.07, 6.45) is 1.23. The van der Waals surface area contributed by atoms with Gasteiger partial charge in [-0.2, -0.15) is 0 Å². The molecule has 19 heavy (non-hydrogen) atoms. The monoisotopic (exact) mass is 268 g/mol. The Balaban J connectivity index is 2.29. The van der Waals surface area contributed by atoms with Crippen molar-refractivity contribution in [3.8, 4) is 0 Å². The largest absolute Gasteiger partial charge is 0.356 e. The number of carbonyl (C=O) groups is 1. The number of amides is 1.